The number of benzene rings is 1. The van der Waals surface area contributed by atoms with E-state index in [2.05, 4.69) is 31.3 Å². The first kappa shape index (κ1) is 19.1. The number of hydrogen-bond acceptors (Lipinski definition) is 3. The number of aromatic nitrogens is 3. The Morgan fingerprint density at radius 1 is 1.11 bits per heavy atom. The quantitative estimate of drug-likeness (QED) is 0.640. The highest BCUT2D eigenvalue weighted by atomic mass is 16.1. The van der Waals surface area contributed by atoms with Crippen LogP contribution >= 0.6 is 0 Å². The number of rotatable bonds is 7. The van der Waals surface area contributed by atoms with Crippen LogP contribution in [0.2, 0.25) is 0 Å². The first-order valence-electron chi connectivity index (χ1n) is 9.70. The highest BCUT2D eigenvalue weighted by Gasteiger charge is 2.18. The minimum absolute atomic E-state index is 0.101. The van der Waals surface area contributed by atoms with E-state index in [1.807, 2.05) is 36.6 Å². The summed E-state index contributed by atoms with van der Waals surface area (Å²) in [4.78, 5) is 16.9. The Morgan fingerprint density at radius 2 is 1.85 bits per heavy atom. The lowest BCUT2D eigenvalue weighted by Crippen LogP contribution is -2.24. The van der Waals surface area contributed by atoms with E-state index >= 15 is 0 Å². The summed E-state index contributed by atoms with van der Waals surface area (Å²) >= 11 is 0. The second-order valence-corrected chi connectivity index (χ2v) is 7.03. The number of fused-ring (bicyclic) bond motifs is 1. The normalized spacial score (nSPS) is 11.1. The van der Waals surface area contributed by atoms with Gasteiger partial charge in [-0.1, -0.05) is 43.7 Å². The predicted octanol–water partition coefficient (Wildman–Crippen LogP) is 4.17. The molecule has 0 aliphatic heterocycles. The summed E-state index contributed by atoms with van der Waals surface area (Å²) in [6, 6.07) is 10.3. The molecule has 1 amide bonds. The van der Waals surface area contributed by atoms with Gasteiger partial charge in [-0.2, -0.15) is 5.10 Å². The molecule has 3 rings (SSSR count). The van der Waals surface area contributed by atoms with Crippen LogP contribution in [-0.4, -0.2) is 27.0 Å². The molecule has 0 saturated heterocycles. The molecule has 0 atom stereocenters. The smallest absolute Gasteiger partial charge is 0.220 e. The molecule has 3 aromatic rings. The number of amides is 1. The molecule has 0 spiro atoms. The van der Waals surface area contributed by atoms with Crippen LogP contribution in [0.25, 0.3) is 16.8 Å². The molecule has 2 heterocycles. The van der Waals surface area contributed by atoms with E-state index in [0.29, 0.717) is 12.8 Å². The molecule has 0 bridgehead atoms. The molecular weight excluding hydrogens is 336 g/mol. The molecule has 0 unspecified atom stereocenters. The molecule has 0 aliphatic carbocycles. The third-order valence-corrected chi connectivity index (χ3v) is 5.02. The number of nitrogens with zero attached hydrogens (tertiary/aromatic N) is 3. The first-order valence-corrected chi connectivity index (χ1v) is 9.70. The van der Waals surface area contributed by atoms with Gasteiger partial charge in [0.05, 0.1) is 5.69 Å². The van der Waals surface area contributed by atoms with Crippen molar-refractivity contribution >= 4 is 11.6 Å². The molecule has 0 aliphatic rings. The Hall–Kier alpha value is -2.69. The molecular formula is C22H28N4O. The number of carbonyl (C=O) groups is 1. The summed E-state index contributed by atoms with van der Waals surface area (Å²) in [7, 11) is 0. The van der Waals surface area contributed by atoms with Crippen molar-refractivity contribution in [3.63, 3.8) is 0 Å². The fourth-order valence-electron chi connectivity index (χ4n) is 3.50. The molecule has 1 aromatic carbocycles. The molecule has 2 aromatic heterocycles. The van der Waals surface area contributed by atoms with E-state index in [-0.39, 0.29) is 5.91 Å². The number of carbonyl (C=O) groups excluding carboxylic acids is 1. The van der Waals surface area contributed by atoms with Crippen molar-refractivity contribution in [3.05, 3.63) is 53.0 Å². The van der Waals surface area contributed by atoms with Crippen LogP contribution in [0.1, 0.15) is 48.8 Å². The van der Waals surface area contributed by atoms with Crippen LogP contribution in [0.5, 0.6) is 0 Å². The molecule has 27 heavy (non-hydrogen) atoms. The third-order valence-electron chi connectivity index (χ3n) is 5.02. The zero-order valence-electron chi connectivity index (χ0n) is 16.7. The van der Waals surface area contributed by atoms with Gasteiger partial charge >= 0.3 is 0 Å². The van der Waals surface area contributed by atoms with Gasteiger partial charge in [-0.05, 0) is 44.7 Å². The zero-order valence-corrected chi connectivity index (χ0v) is 16.7. The molecule has 5 nitrogen and oxygen atoms in total. The lowest BCUT2D eigenvalue weighted by atomic mass is 10.0. The maximum Gasteiger partial charge on any atom is 0.220 e. The van der Waals surface area contributed by atoms with Crippen LogP contribution < -0.4 is 5.32 Å². The van der Waals surface area contributed by atoms with Crippen molar-refractivity contribution in [1.29, 1.82) is 0 Å². The van der Waals surface area contributed by atoms with Crippen molar-refractivity contribution in [2.75, 3.05) is 6.54 Å². The monoisotopic (exact) mass is 364 g/mol. The van der Waals surface area contributed by atoms with Gasteiger partial charge in [0.25, 0.3) is 0 Å². The van der Waals surface area contributed by atoms with Crippen LogP contribution in [0.15, 0.2) is 30.3 Å². The van der Waals surface area contributed by atoms with E-state index in [9.17, 15) is 4.79 Å². The zero-order chi connectivity index (χ0) is 19.4. The van der Waals surface area contributed by atoms with Gasteiger partial charge in [0.1, 0.15) is 0 Å². The highest BCUT2D eigenvalue weighted by Crippen LogP contribution is 2.29. The van der Waals surface area contributed by atoms with Crippen molar-refractivity contribution in [2.24, 2.45) is 0 Å². The fraction of sp³-hybridized carbons (Fsp3) is 0.409. The molecule has 0 saturated carbocycles. The van der Waals surface area contributed by atoms with Crippen LogP contribution in [0.4, 0.5) is 0 Å². The summed E-state index contributed by atoms with van der Waals surface area (Å²) in [6.45, 7) is 8.98. The van der Waals surface area contributed by atoms with Crippen molar-refractivity contribution in [3.8, 4) is 11.1 Å². The number of aryl methyl sites for hydroxylation is 3. The van der Waals surface area contributed by atoms with E-state index in [0.717, 1.165) is 58.8 Å². The second kappa shape index (κ2) is 8.33. The van der Waals surface area contributed by atoms with Crippen molar-refractivity contribution in [1.82, 2.24) is 19.9 Å². The van der Waals surface area contributed by atoms with E-state index in [1.54, 1.807) is 0 Å². The maximum absolute atomic E-state index is 12.1. The largest absolute Gasteiger partial charge is 0.356 e. The SMILES string of the molecule is CCCCNC(=O)CCc1c(C)nc2c(-c3ccccc3)c(C)nn2c1C. The standard InChI is InChI=1S/C22H28N4O/c1-5-6-14-23-20(27)13-12-19-15(2)24-22-21(18-10-8-7-9-11-18)16(3)25-26(22)17(19)4/h7-11H,5-6,12-14H2,1-4H3,(H,23,27). The fourth-order valence-corrected chi connectivity index (χ4v) is 3.50. The van der Waals surface area contributed by atoms with Crippen LogP contribution in [-0.2, 0) is 11.2 Å². The Kier molecular flexibility index (Phi) is 5.89. The van der Waals surface area contributed by atoms with Crippen LogP contribution in [0, 0.1) is 20.8 Å². The summed E-state index contributed by atoms with van der Waals surface area (Å²) in [6.07, 6.45) is 3.26. The Labute approximate surface area is 160 Å². The molecule has 1 N–H and O–H groups in total. The highest BCUT2D eigenvalue weighted by molar-refractivity contribution is 5.80. The Bertz CT molecular complexity index is 944. The van der Waals surface area contributed by atoms with Crippen molar-refractivity contribution in [2.45, 2.75) is 53.4 Å². The average Bonchev–Trinajstić information content (AvgIpc) is 2.98. The van der Waals surface area contributed by atoms with E-state index in [4.69, 9.17) is 10.1 Å². The molecule has 142 valence electrons. The van der Waals surface area contributed by atoms with E-state index < -0.39 is 0 Å². The molecule has 0 fully saturated rings. The Balaban J connectivity index is 1.90. The lowest BCUT2D eigenvalue weighted by molar-refractivity contribution is -0.121. The minimum atomic E-state index is 0.101. The summed E-state index contributed by atoms with van der Waals surface area (Å²) in [5.41, 5.74) is 7.18. The number of unbranched alkanes of at least 4 members (excludes halogenated alkanes) is 1. The third kappa shape index (κ3) is 4.02. The van der Waals surface area contributed by atoms with Gasteiger partial charge in [0, 0.05) is 29.9 Å². The van der Waals surface area contributed by atoms with Crippen molar-refractivity contribution < 1.29 is 4.79 Å². The van der Waals surface area contributed by atoms with Gasteiger partial charge in [-0.25, -0.2) is 9.50 Å². The average molecular weight is 364 g/mol. The van der Waals surface area contributed by atoms with Gasteiger partial charge in [-0.3, -0.25) is 4.79 Å². The number of hydrogen-bond donors (Lipinski definition) is 1. The van der Waals surface area contributed by atoms with Crippen LogP contribution in [0.3, 0.4) is 0 Å². The van der Waals surface area contributed by atoms with Gasteiger partial charge in [0.15, 0.2) is 5.65 Å². The lowest BCUT2D eigenvalue weighted by Gasteiger charge is -2.12. The summed E-state index contributed by atoms with van der Waals surface area (Å²) in [5.74, 6) is 0.101. The van der Waals surface area contributed by atoms with Gasteiger partial charge in [0.2, 0.25) is 5.91 Å². The predicted molar refractivity (Wildman–Crippen MR) is 109 cm³/mol. The number of nitrogens with one attached hydrogen (secondary N) is 1. The summed E-state index contributed by atoms with van der Waals surface area (Å²) < 4.78 is 1.93. The Morgan fingerprint density at radius 3 is 2.56 bits per heavy atom. The molecule has 5 heteroatoms. The minimum Gasteiger partial charge on any atom is -0.356 e. The van der Waals surface area contributed by atoms with E-state index in [1.165, 1.54) is 0 Å². The second-order valence-electron chi connectivity index (χ2n) is 7.03. The first-order chi connectivity index (χ1) is 13.0. The topological polar surface area (TPSA) is 59.3 Å². The maximum atomic E-state index is 12.1. The summed E-state index contributed by atoms with van der Waals surface area (Å²) in [5, 5.41) is 7.72. The van der Waals surface area contributed by atoms with Gasteiger partial charge in [-0.15, -0.1) is 0 Å². The molecule has 0 radical (unpaired) electrons. The van der Waals surface area contributed by atoms with Gasteiger partial charge < -0.3 is 5.32 Å².